The smallest absolute Gasteiger partial charge is 0.0430 e. The van der Waals surface area contributed by atoms with Gasteiger partial charge in [-0.1, -0.05) is 53.4 Å². The number of unbranched alkanes of at least 4 members (excludes halogenated alkanes) is 4. The van der Waals surface area contributed by atoms with Crippen LogP contribution in [0.5, 0.6) is 0 Å². The second-order valence-corrected chi connectivity index (χ2v) is 4.09. The minimum absolute atomic E-state index is 0. The SMILES string of the molecule is CCCCO.CCCCO.CCCCO.[CH2-]CCC.[Zr]. The Bertz CT molecular complexity index is 71.5. The molecule has 0 aliphatic rings. The van der Waals surface area contributed by atoms with Gasteiger partial charge in [0.1, 0.15) is 0 Å². The third kappa shape index (κ3) is 98.2. The maximum Gasteiger partial charge on any atom is 0.0430 e. The quantitative estimate of drug-likeness (QED) is 0.595. The van der Waals surface area contributed by atoms with Crippen LogP contribution in [-0.2, 0) is 26.2 Å². The van der Waals surface area contributed by atoms with Crippen molar-refractivity contribution in [2.75, 3.05) is 19.8 Å². The van der Waals surface area contributed by atoms with E-state index in [-0.39, 0.29) is 26.2 Å². The van der Waals surface area contributed by atoms with E-state index in [1.807, 2.05) is 0 Å². The van der Waals surface area contributed by atoms with Crippen molar-refractivity contribution in [3.63, 3.8) is 0 Å². The number of hydrogen-bond donors (Lipinski definition) is 3. The summed E-state index contributed by atoms with van der Waals surface area (Å²) in [6.45, 7) is 12.9. The van der Waals surface area contributed by atoms with Gasteiger partial charge < -0.3 is 22.2 Å². The van der Waals surface area contributed by atoms with Crippen LogP contribution in [-0.4, -0.2) is 35.1 Å². The fraction of sp³-hybridized carbons (Fsp3) is 0.938. The van der Waals surface area contributed by atoms with E-state index in [9.17, 15) is 0 Å². The van der Waals surface area contributed by atoms with E-state index >= 15 is 0 Å². The zero-order valence-corrected chi connectivity index (χ0v) is 16.8. The van der Waals surface area contributed by atoms with Crippen LogP contribution in [0.15, 0.2) is 0 Å². The van der Waals surface area contributed by atoms with Gasteiger partial charge in [0.2, 0.25) is 0 Å². The van der Waals surface area contributed by atoms with E-state index in [0.29, 0.717) is 19.8 Å². The normalized spacial score (nSPS) is 7.80. The molecule has 0 saturated heterocycles. The van der Waals surface area contributed by atoms with Crippen molar-refractivity contribution in [3.05, 3.63) is 6.92 Å². The molecule has 0 fully saturated rings. The summed E-state index contributed by atoms with van der Waals surface area (Å²) < 4.78 is 0. The first kappa shape index (κ1) is 32.6. The van der Waals surface area contributed by atoms with Crippen LogP contribution in [0, 0.1) is 6.92 Å². The topological polar surface area (TPSA) is 60.7 Å². The van der Waals surface area contributed by atoms with Crippen molar-refractivity contribution in [2.24, 2.45) is 0 Å². The van der Waals surface area contributed by atoms with Gasteiger partial charge in [-0.25, -0.2) is 0 Å². The number of aliphatic hydroxyl groups is 3. The Balaban J connectivity index is -0.0000000494. The summed E-state index contributed by atoms with van der Waals surface area (Å²) in [7, 11) is 0. The summed E-state index contributed by atoms with van der Waals surface area (Å²) in [6, 6.07) is 0. The molecule has 126 valence electrons. The fourth-order valence-electron chi connectivity index (χ4n) is 0.474. The molecule has 0 atom stereocenters. The fourth-order valence-corrected chi connectivity index (χ4v) is 0.474. The zero-order chi connectivity index (χ0) is 15.8. The minimum Gasteiger partial charge on any atom is -0.396 e. The molecule has 0 spiro atoms. The van der Waals surface area contributed by atoms with Crippen molar-refractivity contribution < 1.29 is 41.5 Å². The summed E-state index contributed by atoms with van der Waals surface area (Å²) in [5, 5.41) is 24.2. The molecular weight excluding hydrogens is 331 g/mol. The maximum atomic E-state index is 8.07. The summed E-state index contributed by atoms with van der Waals surface area (Å²) in [4.78, 5) is 0. The van der Waals surface area contributed by atoms with Gasteiger partial charge >= 0.3 is 0 Å². The molecule has 0 bridgehead atoms. The molecule has 3 N–H and O–H groups in total. The van der Waals surface area contributed by atoms with Gasteiger partial charge in [0.05, 0.1) is 0 Å². The Morgan fingerprint density at radius 3 is 0.800 bits per heavy atom. The van der Waals surface area contributed by atoms with Crippen molar-refractivity contribution in [3.8, 4) is 0 Å². The molecular formula is C16H39O3Zr-. The van der Waals surface area contributed by atoms with Crippen LogP contribution in [0.4, 0.5) is 0 Å². The Labute approximate surface area is 147 Å². The number of aliphatic hydroxyl groups excluding tert-OH is 3. The second-order valence-electron chi connectivity index (χ2n) is 4.09. The first-order valence-electron chi connectivity index (χ1n) is 7.78. The maximum absolute atomic E-state index is 8.07. The molecule has 0 aromatic rings. The summed E-state index contributed by atoms with van der Waals surface area (Å²) >= 11 is 0. The monoisotopic (exact) mass is 369 g/mol. The minimum atomic E-state index is 0. The molecule has 0 unspecified atom stereocenters. The summed E-state index contributed by atoms with van der Waals surface area (Å²) in [5.41, 5.74) is 0. The average molecular weight is 371 g/mol. The molecule has 0 saturated carbocycles. The molecule has 0 aliphatic heterocycles. The van der Waals surface area contributed by atoms with E-state index in [0.717, 1.165) is 44.9 Å². The molecule has 0 aliphatic carbocycles. The molecule has 0 rings (SSSR count). The van der Waals surface area contributed by atoms with Gasteiger partial charge in [-0.05, 0) is 19.3 Å². The first-order valence-corrected chi connectivity index (χ1v) is 7.78. The van der Waals surface area contributed by atoms with Crippen LogP contribution in [0.25, 0.3) is 0 Å². The zero-order valence-electron chi connectivity index (χ0n) is 14.3. The summed E-state index contributed by atoms with van der Waals surface area (Å²) in [6.07, 6.45) is 8.39. The third-order valence-electron chi connectivity index (χ3n) is 1.89. The van der Waals surface area contributed by atoms with Crippen LogP contribution in [0.2, 0.25) is 0 Å². The van der Waals surface area contributed by atoms with Crippen LogP contribution < -0.4 is 0 Å². The van der Waals surface area contributed by atoms with E-state index in [4.69, 9.17) is 15.3 Å². The predicted octanol–water partition coefficient (Wildman–Crippen LogP) is 3.95. The van der Waals surface area contributed by atoms with Crippen LogP contribution in [0.1, 0.15) is 79.1 Å². The molecule has 0 radical (unpaired) electrons. The van der Waals surface area contributed by atoms with Crippen LogP contribution >= 0.6 is 0 Å². The number of rotatable bonds is 7. The molecule has 0 aromatic heterocycles. The number of hydrogen-bond acceptors (Lipinski definition) is 3. The van der Waals surface area contributed by atoms with E-state index in [2.05, 4.69) is 34.6 Å². The Morgan fingerprint density at radius 2 is 0.800 bits per heavy atom. The molecule has 3 nitrogen and oxygen atoms in total. The molecule has 4 heteroatoms. The molecule has 0 heterocycles. The largest absolute Gasteiger partial charge is 0.396 e. The van der Waals surface area contributed by atoms with E-state index in [1.54, 1.807) is 0 Å². The van der Waals surface area contributed by atoms with Crippen molar-refractivity contribution in [1.29, 1.82) is 0 Å². The molecule has 0 amide bonds. The van der Waals surface area contributed by atoms with Crippen molar-refractivity contribution >= 4 is 0 Å². The van der Waals surface area contributed by atoms with Gasteiger partial charge in [-0.15, -0.1) is 0 Å². The Kier molecular flexibility index (Phi) is 82.1. The standard InChI is InChI=1S/3C4H10O.C4H9.Zr/c3*1-2-3-4-5;1-3-4-2;/h3*5H,2-4H2,1H3;1,3-4H2,2H3;/q;;;-1;. The Hall–Kier alpha value is 0.763. The van der Waals surface area contributed by atoms with E-state index in [1.165, 1.54) is 6.42 Å². The van der Waals surface area contributed by atoms with Gasteiger partial charge in [0.15, 0.2) is 0 Å². The van der Waals surface area contributed by atoms with Gasteiger partial charge in [-0.3, -0.25) is 0 Å². The van der Waals surface area contributed by atoms with Gasteiger partial charge in [0, 0.05) is 46.0 Å². The van der Waals surface area contributed by atoms with Crippen molar-refractivity contribution in [1.82, 2.24) is 0 Å². The Morgan fingerprint density at radius 1 is 0.600 bits per heavy atom. The van der Waals surface area contributed by atoms with E-state index < -0.39 is 0 Å². The first-order chi connectivity index (χ1) is 9.16. The summed E-state index contributed by atoms with van der Waals surface area (Å²) in [5.74, 6) is 0. The average Bonchev–Trinajstić information content (AvgIpc) is 2.43. The predicted molar refractivity (Wildman–Crippen MR) is 86.2 cm³/mol. The van der Waals surface area contributed by atoms with Gasteiger partial charge in [0.25, 0.3) is 0 Å². The van der Waals surface area contributed by atoms with Gasteiger partial charge in [-0.2, -0.15) is 6.42 Å². The van der Waals surface area contributed by atoms with Crippen molar-refractivity contribution in [2.45, 2.75) is 79.1 Å². The van der Waals surface area contributed by atoms with Crippen LogP contribution in [0.3, 0.4) is 0 Å². The molecule has 20 heavy (non-hydrogen) atoms. The molecule has 0 aromatic carbocycles. The second kappa shape index (κ2) is 50.3. The third-order valence-corrected chi connectivity index (χ3v) is 1.89.